The first kappa shape index (κ1) is 34.8. The average molecular weight is 787 g/mol. The molecule has 1 amide bonds. The second kappa shape index (κ2) is 15.7. The predicted molar refractivity (Wildman–Crippen MR) is 160 cm³/mol. The molecule has 4 rings (SSSR count). The van der Waals surface area contributed by atoms with Gasteiger partial charge in [-0.25, -0.2) is 4.68 Å². The second-order valence-electron chi connectivity index (χ2n) is 11.2. The molecule has 10 heteroatoms. The number of hydrogen-bond donors (Lipinski definition) is 1. The van der Waals surface area contributed by atoms with E-state index in [4.69, 9.17) is 9.47 Å². The molecule has 1 N–H and O–H groups in total. The number of carbonyl (C=O) groups excluding carboxylic acids is 1. The summed E-state index contributed by atoms with van der Waals surface area (Å²) < 4.78 is 13.0. The fourth-order valence-electron chi connectivity index (χ4n) is 4.53. The van der Waals surface area contributed by atoms with Gasteiger partial charge in [0.15, 0.2) is 5.69 Å². The summed E-state index contributed by atoms with van der Waals surface area (Å²) in [6, 6.07) is 14.4. The van der Waals surface area contributed by atoms with Gasteiger partial charge in [-0.3, -0.25) is 4.79 Å². The Hall–Kier alpha value is -2.38. The normalized spacial score (nSPS) is 14.1. The molecule has 0 unspecified atom stereocenters. The second-order valence-corrected chi connectivity index (χ2v) is 11.2. The third-order valence-electron chi connectivity index (χ3n) is 7.10. The Morgan fingerprint density at radius 2 is 1.80 bits per heavy atom. The zero-order valence-electron chi connectivity index (χ0n) is 25.6. The van der Waals surface area contributed by atoms with Gasteiger partial charge in [-0.1, -0.05) is 26.0 Å². The average Bonchev–Trinajstić information content (AvgIpc) is 3.30. The van der Waals surface area contributed by atoms with Crippen molar-refractivity contribution in [2.45, 2.75) is 46.0 Å². The first-order valence-corrected chi connectivity index (χ1v) is 13.6. The molecule has 1 saturated heterocycles. The molecule has 41 heavy (non-hydrogen) atoms. The number of aromatic nitrogens is 3. The summed E-state index contributed by atoms with van der Waals surface area (Å²) in [6.07, 6.45) is 2.09. The van der Waals surface area contributed by atoms with Crippen molar-refractivity contribution in [1.82, 2.24) is 24.8 Å². The van der Waals surface area contributed by atoms with E-state index in [1.165, 1.54) is 0 Å². The minimum absolute atomic E-state index is 0. The number of rotatable bonds is 10. The van der Waals surface area contributed by atoms with Gasteiger partial charge in [-0.05, 0) is 62.2 Å². The summed E-state index contributed by atoms with van der Waals surface area (Å²) in [7, 11) is 3.78. The molecular formula is C31H44N6O3U. The van der Waals surface area contributed by atoms with Gasteiger partial charge >= 0.3 is 31.1 Å². The van der Waals surface area contributed by atoms with E-state index in [2.05, 4.69) is 65.4 Å². The summed E-state index contributed by atoms with van der Waals surface area (Å²) in [5.74, 6) is 1.10. The van der Waals surface area contributed by atoms with Crippen LogP contribution in [0.5, 0.6) is 11.5 Å². The summed E-state index contributed by atoms with van der Waals surface area (Å²) in [4.78, 5) is 18.1. The van der Waals surface area contributed by atoms with Crippen molar-refractivity contribution in [1.29, 1.82) is 0 Å². The maximum absolute atomic E-state index is 13.2. The number of nitrogens with one attached hydrogen (secondary N) is 1. The Morgan fingerprint density at radius 3 is 2.49 bits per heavy atom. The minimum atomic E-state index is -0.328. The van der Waals surface area contributed by atoms with Crippen molar-refractivity contribution < 1.29 is 45.4 Å². The van der Waals surface area contributed by atoms with Crippen molar-refractivity contribution in [3.05, 3.63) is 66.8 Å². The molecule has 9 nitrogen and oxygen atoms in total. The number of carbonyl (C=O) groups is 1. The number of unbranched alkanes of at least 4 members (excludes halogenated alkanes) is 1. The summed E-state index contributed by atoms with van der Waals surface area (Å²) >= 11 is 0. The van der Waals surface area contributed by atoms with E-state index in [1.807, 2.05) is 19.1 Å². The van der Waals surface area contributed by atoms with Gasteiger partial charge < -0.3 is 32.0 Å². The number of hydrogen-bond acceptors (Lipinski definition) is 7. The van der Waals surface area contributed by atoms with E-state index in [1.54, 1.807) is 30.0 Å². The molecule has 2 heterocycles. The maximum atomic E-state index is 13.2. The predicted octanol–water partition coefficient (Wildman–Crippen LogP) is 4.79. The Bertz CT molecular complexity index is 1260. The van der Waals surface area contributed by atoms with Crippen LogP contribution in [0.2, 0.25) is 0 Å². The van der Waals surface area contributed by atoms with Gasteiger partial charge in [-0.2, -0.15) is 12.1 Å². The van der Waals surface area contributed by atoms with E-state index in [0.717, 1.165) is 56.9 Å². The van der Waals surface area contributed by atoms with Crippen LogP contribution in [0.3, 0.4) is 0 Å². The molecule has 0 radical (unpaired) electrons. The number of anilines is 1. The molecule has 1 aliphatic heterocycles. The van der Waals surface area contributed by atoms with Crippen molar-refractivity contribution in [2.75, 3.05) is 58.8 Å². The van der Waals surface area contributed by atoms with E-state index >= 15 is 0 Å². The number of methoxy groups -OCH3 is 1. The van der Waals surface area contributed by atoms with Gasteiger partial charge in [-0.15, -0.1) is 17.2 Å². The van der Waals surface area contributed by atoms with Crippen molar-refractivity contribution >= 4 is 11.6 Å². The fraction of sp³-hybridized carbons (Fsp3) is 0.484. The molecule has 0 aliphatic carbocycles. The maximum Gasteiger partial charge on any atom is 2.00 e. The molecule has 0 atom stereocenters. The largest absolute Gasteiger partial charge is 2.00 e. The number of ether oxygens (including phenoxy) is 2. The van der Waals surface area contributed by atoms with Crippen LogP contribution in [0.1, 0.15) is 55.4 Å². The number of piperazine rings is 1. The van der Waals surface area contributed by atoms with Gasteiger partial charge in [0.2, 0.25) is 0 Å². The molecular weight excluding hydrogens is 742 g/mol. The fourth-order valence-corrected chi connectivity index (χ4v) is 4.53. The third kappa shape index (κ3) is 9.57. The van der Waals surface area contributed by atoms with Crippen LogP contribution in [0, 0.1) is 51.5 Å². The van der Waals surface area contributed by atoms with Crippen LogP contribution in [0.25, 0.3) is 5.69 Å². The zero-order valence-corrected chi connectivity index (χ0v) is 29.7. The first-order chi connectivity index (χ1) is 18.6. The van der Waals surface area contributed by atoms with Gasteiger partial charge in [0.1, 0.15) is 5.75 Å². The SMILES string of the molecule is COc1cc[c-]c(-n2nnc(C(=O)Nc3cc(OCCCCN4CCN(C)CC4)cc(C(C)(C)C)c3)c2C)c1.[CH3-].[U+2]. The summed E-state index contributed by atoms with van der Waals surface area (Å²) in [5.41, 5.74) is 3.15. The standard InChI is InChI=1S/C30H41N6O3.CH3.U/c1-22-28(32-33-36(22)25-10-9-11-26(21-25)38-6)29(37)31-24-18-23(30(2,3)4)19-27(20-24)39-17-8-7-12-35-15-13-34(5)14-16-35;;/h9,11,18-21H,7-8,12-17H2,1-6H3,(H,31,37);1H3;/q2*-1;+2. The molecule has 1 aliphatic rings. The van der Waals surface area contributed by atoms with Gasteiger partial charge in [0, 0.05) is 43.7 Å². The first-order valence-electron chi connectivity index (χ1n) is 13.6. The number of nitrogens with zero attached hydrogens (tertiary/aromatic N) is 5. The molecule has 0 bridgehead atoms. The Morgan fingerprint density at radius 1 is 1.07 bits per heavy atom. The molecule has 2 aromatic carbocycles. The minimum Gasteiger partial charge on any atom is -0.522 e. The molecule has 1 fully saturated rings. The van der Waals surface area contributed by atoms with E-state index in [9.17, 15) is 4.79 Å². The van der Waals surface area contributed by atoms with E-state index in [-0.39, 0.29) is 55.6 Å². The van der Waals surface area contributed by atoms with Gasteiger partial charge in [0.25, 0.3) is 5.91 Å². The number of amides is 1. The van der Waals surface area contributed by atoms with Gasteiger partial charge in [0.05, 0.1) is 19.4 Å². The molecule has 0 spiro atoms. The molecule has 1 aromatic heterocycles. The summed E-state index contributed by atoms with van der Waals surface area (Å²) in [5, 5.41) is 11.3. The Labute approximate surface area is 269 Å². The van der Waals surface area contributed by atoms with Crippen LogP contribution in [0.15, 0.2) is 36.4 Å². The monoisotopic (exact) mass is 786 g/mol. The zero-order chi connectivity index (χ0) is 28.0. The van der Waals surface area contributed by atoms with Crippen molar-refractivity contribution in [3.8, 4) is 17.2 Å². The van der Waals surface area contributed by atoms with Crippen molar-refractivity contribution in [3.63, 3.8) is 0 Å². The Balaban J connectivity index is 0.00000294. The smallest absolute Gasteiger partial charge is 0.522 e. The topological polar surface area (TPSA) is 84.7 Å². The van der Waals surface area contributed by atoms with Crippen molar-refractivity contribution in [2.24, 2.45) is 0 Å². The molecule has 220 valence electrons. The summed E-state index contributed by atoms with van der Waals surface area (Å²) in [6.45, 7) is 14.5. The number of likely N-dealkylation sites (N-methyl/N-ethyl adjacent to an activating group) is 1. The van der Waals surface area contributed by atoms with E-state index in [0.29, 0.717) is 29.4 Å². The van der Waals surface area contributed by atoms with Crippen LogP contribution in [0.4, 0.5) is 5.69 Å². The quantitative estimate of drug-likeness (QED) is 0.234. The molecule has 0 saturated carbocycles. The molecule has 3 aromatic rings. The van der Waals surface area contributed by atoms with Crippen LogP contribution < -0.4 is 14.8 Å². The van der Waals surface area contributed by atoms with E-state index < -0.39 is 0 Å². The number of benzene rings is 2. The third-order valence-corrected chi connectivity index (χ3v) is 7.10. The van der Waals surface area contributed by atoms with Crippen LogP contribution in [-0.4, -0.2) is 84.2 Å². The van der Waals surface area contributed by atoms with Crippen LogP contribution in [-0.2, 0) is 5.41 Å². The Kier molecular flexibility index (Phi) is 13.4. The van der Waals surface area contributed by atoms with Crippen LogP contribution >= 0.6 is 0 Å².